The van der Waals surface area contributed by atoms with Gasteiger partial charge >= 0.3 is 0 Å². The van der Waals surface area contributed by atoms with Crippen LogP contribution in [0, 0.1) is 0 Å². The van der Waals surface area contributed by atoms with Crippen LogP contribution < -0.4 is 15.3 Å². The van der Waals surface area contributed by atoms with E-state index in [1.54, 1.807) is 0 Å². The zero-order chi connectivity index (χ0) is 13.7. The molecule has 0 N–H and O–H groups in total. The monoisotopic (exact) mass is 249 g/mol. The van der Waals surface area contributed by atoms with Crippen LogP contribution in [0.3, 0.4) is 0 Å². The number of aliphatic carboxylic acids is 3. The maximum absolute atomic E-state index is 10.5. The Bertz CT molecular complexity index is 408. The third-order valence-corrected chi connectivity index (χ3v) is 2.16. The summed E-state index contributed by atoms with van der Waals surface area (Å²) in [7, 11) is 0. The van der Waals surface area contributed by atoms with E-state index < -0.39 is 37.2 Å². The summed E-state index contributed by atoms with van der Waals surface area (Å²) in [6.45, 7) is 0. The van der Waals surface area contributed by atoms with Crippen molar-refractivity contribution in [2.75, 3.05) is 0 Å². The fourth-order valence-electron chi connectivity index (χ4n) is 1.65. The van der Waals surface area contributed by atoms with Gasteiger partial charge in [0.05, 0.1) is 0 Å². The molecule has 18 heavy (non-hydrogen) atoms. The number of carbonyl (C=O) groups is 3. The molecular weight excluding hydrogens is 240 g/mol. The number of carboxylic acid groups (broad SMARTS) is 3. The lowest BCUT2D eigenvalue weighted by Gasteiger charge is -2.11. The normalized spacial score (nSPS) is 10.0. The average Bonchev–Trinajstić information content (AvgIpc) is 2.12. The SMILES string of the molecule is O=C([O-])Cc1cc(CC(=O)[O-])cc(CC(=O)[O-])c1. The molecule has 0 saturated carbocycles. The molecule has 1 aromatic carbocycles. The van der Waals surface area contributed by atoms with Crippen LogP contribution >= 0.6 is 0 Å². The molecule has 0 aromatic heterocycles. The summed E-state index contributed by atoms with van der Waals surface area (Å²) in [5.41, 5.74) is 0.847. The number of rotatable bonds is 6. The molecule has 6 heteroatoms. The highest BCUT2D eigenvalue weighted by Crippen LogP contribution is 2.12. The van der Waals surface area contributed by atoms with Gasteiger partial charge in [-0.15, -0.1) is 0 Å². The van der Waals surface area contributed by atoms with Crippen molar-refractivity contribution in [2.45, 2.75) is 19.3 Å². The highest BCUT2D eigenvalue weighted by Gasteiger charge is 2.03. The van der Waals surface area contributed by atoms with Gasteiger partial charge in [-0.05, 0) is 16.7 Å². The smallest absolute Gasteiger partial charge is 0.0458 e. The lowest BCUT2D eigenvalue weighted by molar-refractivity contribution is -0.305. The minimum atomic E-state index is -1.33. The Kier molecular flexibility index (Phi) is 4.42. The third kappa shape index (κ3) is 4.65. The number of hydrogen-bond donors (Lipinski definition) is 0. The third-order valence-electron chi connectivity index (χ3n) is 2.16. The second-order valence-corrected chi connectivity index (χ2v) is 3.80. The lowest BCUT2D eigenvalue weighted by Crippen LogP contribution is -2.27. The highest BCUT2D eigenvalue weighted by molar-refractivity contribution is 5.72. The second-order valence-electron chi connectivity index (χ2n) is 3.80. The van der Waals surface area contributed by atoms with Crippen LogP contribution in [0.4, 0.5) is 0 Å². The molecule has 0 radical (unpaired) electrons. The zero-order valence-electron chi connectivity index (χ0n) is 9.30. The fourth-order valence-corrected chi connectivity index (χ4v) is 1.65. The predicted octanol–water partition coefficient (Wildman–Crippen LogP) is -3.44. The van der Waals surface area contributed by atoms with E-state index in [9.17, 15) is 29.7 Å². The van der Waals surface area contributed by atoms with Crippen molar-refractivity contribution in [3.05, 3.63) is 34.9 Å². The van der Waals surface area contributed by atoms with Gasteiger partial charge in [0.25, 0.3) is 0 Å². The van der Waals surface area contributed by atoms with Crippen molar-refractivity contribution in [1.29, 1.82) is 0 Å². The first kappa shape index (κ1) is 13.7. The summed E-state index contributed by atoms with van der Waals surface area (Å²) < 4.78 is 0. The maximum Gasteiger partial charge on any atom is 0.0458 e. The summed E-state index contributed by atoms with van der Waals surface area (Å²) in [6.07, 6.45) is -1.25. The average molecular weight is 249 g/mol. The number of hydrogen-bond acceptors (Lipinski definition) is 6. The minimum absolute atomic E-state index is 0.282. The topological polar surface area (TPSA) is 120 Å². The first-order valence-electron chi connectivity index (χ1n) is 5.08. The largest absolute Gasteiger partial charge is 0.550 e. The van der Waals surface area contributed by atoms with Gasteiger partial charge in [0.1, 0.15) is 0 Å². The van der Waals surface area contributed by atoms with Crippen LogP contribution in [0.15, 0.2) is 18.2 Å². The Morgan fingerprint density at radius 1 is 0.667 bits per heavy atom. The molecule has 0 spiro atoms. The zero-order valence-corrected chi connectivity index (χ0v) is 9.30. The molecule has 6 nitrogen and oxygen atoms in total. The Hall–Kier alpha value is -2.37. The Labute approximate surface area is 102 Å². The summed E-state index contributed by atoms with van der Waals surface area (Å²) in [6, 6.07) is 4.10. The summed E-state index contributed by atoms with van der Waals surface area (Å²) in [5.74, 6) is -4.00. The quantitative estimate of drug-likeness (QED) is 0.517. The van der Waals surface area contributed by atoms with Gasteiger partial charge in [-0.3, -0.25) is 0 Å². The van der Waals surface area contributed by atoms with Gasteiger partial charge in [-0.2, -0.15) is 0 Å². The molecule has 1 aromatic rings. The summed E-state index contributed by atoms with van der Waals surface area (Å²) >= 11 is 0. The molecule has 0 bridgehead atoms. The van der Waals surface area contributed by atoms with E-state index in [0.29, 0.717) is 0 Å². The lowest BCUT2D eigenvalue weighted by atomic mass is 10.00. The first-order chi connectivity index (χ1) is 8.36. The molecule has 0 atom stereocenters. The van der Waals surface area contributed by atoms with Crippen LogP contribution in [-0.4, -0.2) is 17.9 Å². The van der Waals surface area contributed by atoms with Gasteiger partial charge in [0.15, 0.2) is 0 Å². The van der Waals surface area contributed by atoms with Crippen molar-refractivity contribution in [3.63, 3.8) is 0 Å². The molecular formula is C12H9O6-3. The minimum Gasteiger partial charge on any atom is -0.550 e. The van der Waals surface area contributed by atoms with Crippen LogP contribution in [-0.2, 0) is 33.6 Å². The second kappa shape index (κ2) is 5.81. The van der Waals surface area contributed by atoms with Crippen molar-refractivity contribution >= 4 is 17.9 Å². The van der Waals surface area contributed by atoms with Gasteiger partial charge in [0, 0.05) is 37.2 Å². The van der Waals surface area contributed by atoms with Gasteiger partial charge < -0.3 is 29.7 Å². The molecule has 0 fully saturated rings. The van der Waals surface area contributed by atoms with Crippen molar-refractivity contribution < 1.29 is 29.7 Å². The van der Waals surface area contributed by atoms with Crippen LogP contribution in [0.25, 0.3) is 0 Å². The summed E-state index contributed by atoms with van der Waals surface area (Å²) in [4.78, 5) is 31.4. The van der Waals surface area contributed by atoms with Crippen molar-refractivity contribution in [3.8, 4) is 0 Å². The van der Waals surface area contributed by atoms with Gasteiger partial charge in [0.2, 0.25) is 0 Å². The van der Waals surface area contributed by atoms with E-state index in [-0.39, 0.29) is 16.7 Å². The number of benzene rings is 1. The Morgan fingerprint density at radius 3 is 1.06 bits per heavy atom. The van der Waals surface area contributed by atoms with Crippen molar-refractivity contribution in [2.24, 2.45) is 0 Å². The van der Waals surface area contributed by atoms with E-state index in [1.165, 1.54) is 18.2 Å². The molecule has 0 aliphatic heterocycles. The molecule has 0 amide bonds. The summed E-state index contributed by atoms with van der Waals surface area (Å²) in [5, 5.41) is 31.4. The molecule has 0 saturated heterocycles. The van der Waals surface area contributed by atoms with Crippen LogP contribution in [0.2, 0.25) is 0 Å². The van der Waals surface area contributed by atoms with E-state index in [4.69, 9.17) is 0 Å². The van der Waals surface area contributed by atoms with Crippen LogP contribution in [0.5, 0.6) is 0 Å². The standard InChI is InChI=1S/C12H12O6/c13-10(14)4-7-1-8(5-11(15)16)3-9(2-7)6-12(17)18/h1-3H,4-6H2,(H,13,14)(H,15,16)(H,17,18)/p-3. The molecule has 0 unspecified atom stereocenters. The molecule has 0 aliphatic carbocycles. The first-order valence-corrected chi connectivity index (χ1v) is 5.08. The maximum atomic E-state index is 10.5. The molecule has 96 valence electrons. The van der Waals surface area contributed by atoms with E-state index >= 15 is 0 Å². The molecule has 0 aliphatic rings. The fraction of sp³-hybridized carbons (Fsp3) is 0.250. The van der Waals surface area contributed by atoms with Crippen LogP contribution in [0.1, 0.15) is 16.7 Å². The Morgan fingerprint density at radius 2 is 0.889 bits per heavy atom. The molecule has 1 rings (SSSR count). The van der Waals surface area contributed by atoms with E-state index in [2.05, 4.69) is 0 Å². The highest BCUT2D eigenvalue weighted by atomic mass is 16.4. The van der Waals surface area contributed by atoms with Gasteiger partial charge in [-0.1, -0.05) is 18.2 Å². The van der Waals surface area contributed by atoms with E-state index in [1.807, 2.05) is 0 Å². The molecule has 0 heterocycles. The number of carbonyl (C=O) groups excluding carboxylic acids is 3. The van der Waals surface area contributed by atoms with Crippen molar-refractivity contribution in [1.82, 2.24) is 0 Å². The van der Waals surface area contributed by atoms with Gasteiger partial charge in [-0.25, -0.2) is 0 Å². The number of carboxylic acids is 3. The van der Waals surface area contributed by atoms with E-state index in [0.717, 1.165) is 0 Å². The predicted molar refractivity (Wildman–Crippen MR) is 52.6 cm³/mol. The Balaban J connectivity index is 3.06.